The molecule has 90 valence electrons. The van der Waals surface area contributed by atoms with Gasteiger partial charge in [0.15, 0.2) is 0 Å². The van der Waals surface area contributed by atoms with E-state index in [2.05, 4.69) is 5.10 Å². The number of nitrogens with zero attached hydrogens (tertiary/aromatic N) is 5. The Balaban J connectivity index is 2.56. The Labute approximate surface area is 97.2 Å². The molecule has 0 aliphatic carbocycles. The normalized spacial score (nSPS) is 9.65. The van der Waals surface area contributed by atoms with Gasteiger partial charge in [-0.2, -0.15) is 9.94 Å². The quantitative estimate of drug-likeness (QED) is 0.535. The zero-order chi connectivity index (χ0) is 12.8. The molecule has 0 saturated heterocycles. The van der Waals surface area contributed by atoms with Gasteiger partial charge in [0.25, 0.3) is 0 Å². The summed E-state index contributed by atoms with van der Waals surface area (Å²) in [5.41, 5.74) is 0. The van der Waals surface area contributed by atoms with Crippen LogP contribution >= 0.6 is 0 Å². The van der Waals surface area contributed by atoms with Crippen molar-refractivity contribution < 1.29 is 9.72 Å². The first-order valence-electron chi connectivity index (χ1n) is 4.83. The fraction of sp³-hybridized carbons (Fsp3) is 0.444. The summed E-state index contributed by atoms with van der Waals surface area (Å²) >= 11 is 0. The van der Waals surface area contributed by atoms with Crippen LogP contribution in [-0.2, 0) is 11.3 Å². The number of hydrogen-bond donors (Lipinski definition) is 0. The third kappa shape index (κ3) is 3.57. The SMILES string of the molecule is CN(CCC#N)C(=O)Cn1ccc([N+](=O)[O-])n1. The Kier molecular flexibility index (Phi) is 4.16. The van der Waals surface area contributed by atoms with E-state index in [9.17, 15) is 14.9 Å². The highest BCUT2D eigenvalue weighted by Gasteiger charge is 2.15. The Morgan fingerprint density at radius 1 is 1.76 bits per heavy atom. The molecule has 17 heavy (non-hydrogen) atoms. The molecule has 0 aromatic carbocycles. The highest BCUT2D eigenvalue weighted by Crippen LogP contribution is 2.05. The standard InChI is InChI=1S/C9H11N5O3/c1-12(5-2-4-10)9(15)7-13-6-3-8(11-13)14(16)17/h3,6H,2,5,7H2,1H3. The second-order valence-electron chi connectivity index (χ2n) is 3.35. The van der Waals surface area contributed by atoms with E-state index in [1.807, 2.05) is 6.07 Å². The topological polar surface area (TPSA) is 105 Å². The molecule has 0 atom stereocenters. The number of likely N-dealkylation sites (N-methyl/N-ethyl adjacent to an activating group) is 1. The van der Waals surface area contributed by atoms with Crippen LogP contribution in [0.4, 0.5) is 5.82 Å². The Morgan fingerprint density at radius 3 is 3.00 bits per heavy atom. The van der Waals surface area contributed by atoms with Crippen molar-refractivity contribution in [3.8, 4) is 6.07 Å². The number of carbonyl (C=O) groups is 1. The Hall–Kier alpha value is -2.43. The minimum Gasteiger partial charge on any atom is -0.358 e. The van der Waals surface area contributed by atoms with Crippen LogP contribution in [0.2, 0.25) is 0 Å². The monoisotopic (exact) mass is 237 g/mol. The Bertz CT molecular complexity index is 461. The van der Waals surface area contributed by atoms with Crippen LogP contribution in [0.3, 0.4) is 0 Å². The molecule has 0 radical (unpaired) electrons. The van der Waals surface area contributed by atoms with E-state index in [1.54, 1.807) is 7.05 Å². The van der Waals surface area contributed by atoms with Crippen molar-refractivity contribution in [3.63, 3.8) is 0 Å². The molecular formula is C9H11N5O3. The largest absolute Gasteiger partial charge is 0.389 e. The summed E-state index contributed by atoms with van der Waals surface area (Å²) in [7, 11) is 1.57. The van der Waals surface area contributed by atoms with Gasteiger partial charge in [-0.15, -0.1) is 0 Å². The molecule has 0 aliphatic heterocycles. The molecule has 0 N–H and O–H groups in total. The van der Waals surface area contributed by atoms with Crippen molar-refractivity contribution in [2.75, 3.05) is 13.6 Å². The van der Waals surface area contributed by atoms with Crippen LogP contribution in [0.15, 0.2) is 12.3 Å². The van der Waals surface area contributed by atoms with Crippen molar-refractivity contribution in [2.24, 2.45) is 0 Å². The average molecular weight is 237 g/mol. The average Bonchev–Trinajstić information content (AvgIpc) is 2.74. The number of amides is 1. The predicted octanol–water partition coefficient (Wildman–Crippen LogP) is 0.163. The fourth-order valence-corrected chi connectivity index (χ4v) is 1.14. The summed E-state index contributed by atoms with van der Waals surface area (Å²) in [4.78, 5) is 22.7. The molecule has 1 aromatic heterocycles. The third-order valence-corrected chi connectivity index (χ3v) is 2.10. The van der Waals surface area contributed by atoms with Crippen molar-refractivity contribution >= 4 is 11.7 Å². The van der Waals surface area contributed by atoms with Crippen LogP contribution in [-0.4, -0.2) is 39.1 Å². The van der Waals surface area contributed by atoms with E-state index in [-0.39, 0.29) is 24.7 Å². The maximum atomic E-state index is 11.6. The molecule has 8 nitrogen and oxygen atoms in total. The number of nitro groups is 1. The van der Waals surface area contributed by atoms with Crippen LogP contribution in [0.1, 0.15) is 6.42 Å². The minimum atomic E-state index is -0.625. The molecule has 0 unspecified atom stereocenters. The van der Waals surface area contributed by atoms with Gasteiger partial charge in [-0.05, 0) is 4.92 Å². The van der Waals surface area contributed by atoms with E-state index in [4.69, 9.17) is 5.26 Å². The molecule has 8 heteroatoms. The van der Waals surface area contributed by atoms with Gasteiger partial charge in [0.05, 0.1) is 29.9 Å². The molecule has 0 bridgehead atoms. The lowest BCUT2D eigenvalue weighted by Gasteiger charge is -2.13. The van der Waals surface area contributed by atoms with E-state index in [0.29, 0.717) is 6.54 Å². The summed E-state index contributed by atoms with van der Waals surface area (Å²) in [6.45, 7) is 0.258. The summed E-state index contributed by atoms with van der Waals surface area (Å²) in [5, 5.41) is 22.4. The van der Waals surface area contributed by atoms with Gasteiger partial charge < -0.3 is 15.0 Å². The van der Waals surface area contributed by atoms with Gasteiger partial charge >= 0.3 is 5.82 Å². The molecule has 0 spiro atoms. The number of rotatable bonds is 5. The van der Waals surface area contributed by atoms with Gasteiger partial charge in [0.2, 0.25) is 5.91 Å². The van der Waals surface area contributed by atoms with E-state index in [1.165, 1.54) is 21.8 Å². The second kappa shape index (κ2) is 5.60. The molecule has 1 heterocycles. The molecule has 0 aliphatic rings. The first kappa shape index (κ1) is 12.6. The van der Waals surface area contributed by atoms with Crippen LogP contribution in [0.5, 0.6) is 0 Å². The smallest absolute Gasteiger partial charge is 0.358 e. The molecule has 1 rings (SSSR count). The second-order valence-corrected chi connectivity index (χ2v) is 3.35. The molecule has 1 amide bonds. The van der Waals surface area contributed by atoms with Crippen molar-refractivity contribution in [3.05, 3.63) is 22.4 Å². The van der Waals surface area contributed by atoms with Gasteiger partial charge in [-0.25, -0.2) is 0 Å². The lowest BCUT2D eigenvalue weighted by molar-refractivity contribution is -0.389. The van der Waals surface area contributed by atoms with Gasteiger partial charge in [0.1, 0.15) is 6.54 Å². The zero-order valence-corrected chi connectivity index (χ0v) is 9.24. The zero-order valence-electron chi connectivity index (χ0n) is 9.24. The molecule has 1 aromatic rings. The highest BCUT2D eigenvalue weighted by atomic mass is 16.6. The first-order chi connectivity index (χ1) is 8.04. The minimum absolute atomic E-state index is 0.0736. The van der Waals surface area contributed by atoms with Crippen LogP contribution in [0, 0.1) is 21.4 Å². The summed E-state index contributed by atoms with van der Waals surface area (Å²) in [6.07, 6.45) is 1.62. The highest BCUT2D eigenvalue weighted by molar-refractivity contribution is 5.75. The molecule has 0 fully saturated rings. The number of nitriles is 1. The van der Waals surface area contributed by atoms with E-state index < -0.39 is 4.92 Å². The van der Waals surface area contributed by atoms with E-state index >= 15 is 0 Å². The summed E-state index contributed by atoms with van der Waals surface area (Å²) < 4.78 is 1.20. The van der Waals surface area contributed by atoms with Gasteiger partial charge in [-0.1, -0.05) is 0 Å². The number of carbonyl (C=O) groups excluding carboxylic acids is 1. The van der Waals surface area contributed by atoms with Crippen molar-refractivity contribution in [1.29, 1.82) is 5.26 Å². The van der Waals surface area contributed by atoms with Gasteiger partial charge in [0, 0.05) is 13.6 Å². The first-order valence-corrected chi connectivity index (χ1v) is 4.83. The Morgan fingerprint density at radius 2 is 2.47 bits per heavy atom. The van der Waals surface area contributed by atoms with E-state index in [0.717, 1.165) is 0 Å². The molecule has 0 saturated carbocycles. The third-order valence-electron chi connectivity index (χ3n) is 2.10. The van der Waals surface area contributed by atoms with Crippen LogP contribution in [0.25, 0.3) is 0 Å². The lowest BCUT2D eigenvalue weighted by Crippen LogP contribution is -2.31. The number of aromatic nitrogens is 2. The maximum absolute atomic E-state index is 11.6. The van der Waals surface area contributed by atoms with Gasteiger partial charge in [-0.3, -0.25) is 4.79 Å². The maximum Gasteiger partial charge on any atom is 0.389 e. The summed E-state index contributed by atoms with van der Waals surface area (Å²) in [5.74, 6) is -0.546. The van der Waals surface area contributed by atoms with Crippen molar-refractivity contribution in [1.82, 2.24) is 14.7 Å². The lowest BCUT2D eigenvalue weighted by atomic mass is 10.4. The summed E-state index contributed by atoms with van der Waals surface area (Å²) in [6, 6.07) is 3.16. The predicted molar refractivity (Wildman–Crippen MR) is 56.7 cm³/mol. The molecular weight excluding hydrogens is 226 g/mol. The van der Waals surface area contributed by atoms with Crippen molar-refractivity contribution in [2.45, 2.75) is 13.0 Å². The van der Waals surface area contributed by atoms with Crippen LogP contribution < -0.4 is 0 Å². The number of hydrogen-bond acceptors (Lipinski definition) is 5. The fourth-order valence-electron chi connectivity index (χ4n) is 1.14.